The van der Waals surface area contributed by atoms with Crippen LogP contribution in [0, 0.1) is 0 Å². The maximum absolute atomic E-state index is 9.47. The molecular weight excluding hydrogens is 280 g/mol. The first kappa shape index (κ1) is 12.4. The number of para-hydroxylation sites is 1. The Morgan fingerprint density at radius 1 is 1.16 bits per heavy atom. The Bertz CT molecular complexity index is 691. The Hall–Kier alpha value is -1.62. The fourth-order valence-electron chi connectivity index (χ4n) is 1.89. The molecule has 0 radical (unpaired) electrons. The summed E-state index contributed by atoms with van der Waals surface area (Å²) in [5, 5.41) is 14.0. The molecule has 0 bridgehead atoms. The van der Waals surface area contributed by atoms with Gasteiger partial charge in [0.15, 0.2) is 0 Å². The normalized spacial score (nSPS) is 10.8. The van der Waals surface area contributed by atoms with Gasteiger partial charge >= 0.3 is 0 Å². The third-order valence-electron chi connectivity index (χ3n) is 2.79. The van der Waals surface area contributed by atoms with Gasteiger partial charge in [0.25, 0.3) is 0 Å². The Morgan fingerprint density at radius 2 is 1.95 bits per heavy atom. The Balaban J connectivity index is 2.09. The first-order valence-corrected chi connectivity index (χ1v) is 6.98. The SMILES string of the molecule is OCc1cn(-c2ccccc2)nc1-c1ccc(Cl)s1. The molecule has 0 aliphatic heterocycles. The molecule has 3 rings (SSSR count). The fourth-order valence-corrected chi connectivity index (χ4v) is 2.95. The van der Waals surface area contributed by atoms with Gasteiger partial charge in [-0.25, -0.2) is 4.68 Å². The maximum Gasteiger partial charge on any atom is 0.108 e. The molecule has 0 amide bonds. The molecule has 0 unspecified atom stereocenters. The lowest BCUT2D eigenvalue weighted by Gasteiger charge is -1.99. The zero-order valence-electron chi connectivity index (χ0n) is 9.95. The molecule has 0 aliphatic rings. The molecule has 96 valence electrons. The van der Waals surface area contributed by atoms with Crippen LogP contribution in [-0.4, -0.2) is 14.9 Å². The van der Waals surface area contributed by atoms with Gasteiger partial charge in [0.2, 0.25) is 0 Å². The molecule has 1 N–H and O–H groups in total. The van der Waals surface area contributed by atoms with Crippen molar-refractivity contribution in [3.05, 3.63) is 58.6 Å². The van der Waals surface area contributed by atoms with Crippen LogP contribution in [0.2, 0.25) is 4.34 Å². The Labute approximate surface area is 119 Å². The van der Waals surface area contributed by atoms with Crippen molar-refractivity contribution >= 4 is 22.9 Å². The average Bonchev–Trinajstić information content (AvgIpc) is 3.05. The van der Waals surface area contributed by atoms with Gasteiger partial charge in [-0.1, -0.05) is 29.8 Å². The number of aromatic nitrogens is 2. The van der Waals surface area contributed by atoms with Gasteiger partial charge in [-0.2, -0.15) is 5.10 Å². The summed E-state index contributed by atoms with van der Waals surface area (Å²) in [6.45, 7) is -0.0440. The van der Waals surface area contributed by atoms with Crippen LogP contribution in [0.25, 0.3) is 16.3 Å². The molecule has 0 fully saturated rings. The number of benzene rings is 1. The summed E-state index contributed by atoms with van der Waals surface area (Å²) in [6, 6.07) is 13.6. The van der Waals surface area contributed by atoms with E-state index in [0.717, 1.165) is 21.8 Å². The first-order chi connectivity index (χ1) is 9.28. The molecule has 1 aromatic carbocycles. The van der Waals surface area contributed by atoms with E-state index in [1.165, 1.54) is 11.3 Å². The number of aliphatic hydroxyl groups excluding tert-OH is 1. The van der Waals surface area contributed by atoms with E-state index in [-0.39, 0.29) is 6.61 Å². The van der Waals surface area contributed by atoms with Crippen LogP contribution in [0.5, 0.6) is 0 Å². The van der Waals surface area contributed by atoms with Gasteiger partial charge in [0.1, 0.15) is 5.69 Å². The minimum atomic E-state index is -0.0440. The summed E-state index contributed by atoms with van der Waals surface area (Å²) >= 11 is 7.41. The van der Waals surface area contributed by atoms with Gasteiger partial charge in [0, 0.05) is 11.8 Å². The van der Waals surface area contributed by atoms with Crippen molar-refractivity contribution in [1.82, 2.24) is 9.78 Å². The van der Waals surface area contributed by atoms with Gasteiger partial charge in [-0.15, -0.1) is 11.3 Å². The highest BCUT2D eigenvalue weighted by Gasteiger charge is 2.13. The zero-order chi connectivity index (χ0) is 13.2. The van der Waals surface area contributed by atoms with Crippen molar-refractivity contribution in [1.29, 1.82) is 0 Å². The summed E-state index contributed by atoms with van der Waals surface area (Å²) in [7, 11) is 0. The summed E-state index contributed by atoms with van der Waals surface area (Å²) in [5.74, 6) is 0. The van der Waals surface area contributed by atoms with Crippen LogP contribution >= 0.6 is 22.9 Å². The highest BCUT2D eigenvalue weighted by atomic mass is 35.5. The lowest BCUT2D eigenvalue weighted by molar-refractivity contribution is 0.282. The van der Waals surface area contributed by atoms with Crippen LogP contribution < -0.4 is 0 Å². The fraction of sp³-hybridized carbons (Fsp3) is 0.0714. The number of thiophene rings is 1. The number of rotatable bonds is 3. The van der Waals surface area contributed by atoms with E-state index in [9.17, 15) is 5.11 Å². The lowest BCUT2D eigenvalue weighted by atomic mass is 10.2. The molecule has 2 heterocycles. The van der Waals surface area contributed by atoms with Crippen molar-refractivity contribution in [2.24, 2.45) is 0 Å². The third-order valence-corrected chi connectivity index (χ3v) is 4.03. The number of hydrogen-bond acceptors (Lipinski definition) is 3. The minimum absolute atomic E-state index is 0.0440. The van der Waals surface area contributed by atoms with Crippen molar-refractivity contribution in [2.75, 3.05) is 0 Å². The van der Waals surface area contributed by atoms with E-state index in [2.05, 4.69) is 5.10 Å². The van der Waals surface area contributed by atoms with E-state index in [0.29, 0.717) is 4.34 Å². The number of hydrogen-bond donors (Lipinski definition) is 1. The Morgan fingerprint density at radius 3 is 2.58 bits per heavy atom. The van der Waals surface area contributed by atoms with Crippen molar-refractivity contribution in [3.63, 3.8) is 0 Å². The van der Waals surface area contributed by atoms with Crippen molar-refractivity contribution in [2.45, 2.75) is 6.61 Å². The highest BCUT2D eigenvalue weighted by molar-refractivity contribution is 7.19. The van der Waals surface area contributed by atoms with Crippen LogP contribution in [-0.2, 0) is 6.61 Å². The molecule has 0 spiro atoms. The minimum Gasteiger partial charge on any atom is -0.392 e. The van der Waals surface area contributed by atoms with Crippen LogP contribution in [0.4, 0.5) is 0 Å². The molecule has 0 atom stereocenters. The molecule has 19 heavy (non-hydrogen) atoms. The quantitative estimate of drug-likeness (QED) is 0.798. The standard InChI is InChI=1S/C14H11ClN2OS/c15-13-7-6-12(19-13)14-10(9-18)8-17(16-14)11-4-2-1-3-5-11/h1-8,18H,9H2. The van der Waals surface area contributed by atoms with Crippen molar-refractivity contribution < 1.29 is 5.11 Å². The van der Waals surface area contributed by atoms with Crippen molar-refractivity contribution in [3.8, 4) is 16.3 Å². The summed E-state index contributed by atoms with van der Waals surface area (Å²) < 4.78 is 2.49. The monoisotopic (exact) mass is 290 g/mol. The van der Waals surface area contributed by atoms with Gasteiger partial charge in [-0.05, 0) is 24.3 Å². The number of halogens is 1. The molecule has 3 nitrogen and oxygen atoms in total. The summed E-state index contributed by atoms with van der Waals surface area (Å²) in [5.41, 5.74) is 2.54. The third kappa shape index (κ3) is 2.42. The molecule has 0 saturated heterocycles. The van der Waals surface area contributed by atoms with Gasteiger partial charge in [-0.3, -0.25) is 0 Å². The second kappa shape index (κ2) is 5.17. The molecule has 5 heteroatoms. The van der Waals surface area contributed by atoms with E-state index >= 15 is 0 Å². The summed E-state index contributed by atoms with van der Waals surface area (Å²) in [6.07, 6.45) is 1.85. The maximum atomic E-state index is 9.47. The Kier molecular flexibility index (Phi) is 3.38. The van der Waals surface area contributed by atoms with E-state index < -0.39 is 0 Å². The molecular formula is C14H11ClN2OS. The van der Waals surface area contributed by atoms with Gasteiger partial charge in [0.05, 0.1) is 21.5 Å². The smallest absolute Gasteiger partial charge is 0.108 e. The lowest BCUT2D eigenvalue weighted by Crippen LogP contribution is -1.93. The zero-order valence-corrected chi connectivity index (χ0v) is 11.5. The predicted octanol–water partition coefficient (Wildman–Crippen LogP) is 3.75. The molecule has 2 aromatic heterocycles. The predicted molar refractivity (Wildman–Crippen MR) is 77.8 cm³/mol. The second-order valence-electron chi connectivity index (χ2n) is 4.04. The van der Waals surface area contributed by atoms with E-state index in [1.54, 1.807) is 4.68 Å². The highest BCUT2D eigenvalue weighted by Crippen LogP contribution is 2.32. The van der Waals surface area contributed by atoms with Gasteiger partial charge < -0.3 is 5.11 Å². The largest absolute Gasteiger partial charge is 0.392 e. The molecule has 0 aliphatic carbocycles. The molecule has 0 saturated carbocycles. The topological polar surface area (TPSA) is 38.0 Å². The number of nitrogens with zero attached hydrogens (tertiary/aromatic N) is 2. The van der Waals surface area contributed by atoms with Crippen LogP contribution in [0.15, 0.2) is 48.7 Å². The van der Waals surface area contributed by atoms with Crippen LogP contribution in [0.1, 0.15) is 5.56 Å². The first-order valence-electron chi connectivity index (χ1n) is 5.78. The average molecular weight is 291 g/mol. The van der Waals surface area contributed by atoms with E-state index in [4.69, 9.17) is 11.6 Å². The summed E-state index contributed by atoms with van der Waals surface area (Å²) in [4.78, 5) is 0.962. The van der Waals surface area contributed by atoms with E-state index in [1.807, 2.05) is 48.7 Å². The van der Waals surface area contributed by atoms with Crippen LogP contribution in [0.3, 0.4) is 0 Å². The number of aliphatic hydroxyl groups is 1. The molecule has 3 aromatic rings. The second-order valence-corrected chi connectivity index (χ2v) is 5.76.